The van der Waals surface area contributed by atoms with Crippen LogP contribution in [0.4, 0.5) is 8.78 Å². The quantitative estimate of drug-likeness (QED) is 0.522. The van der Waals surface area contributed by atoms with Gasteiger partial charge in [0.1, 0.15) is 11.6 Å². The molecule has 4 rings (SSSR count). The predicted molar refractivity (Wildman–Crippen MR) is 106 cm³/mol. The molecule has 2 unspecified atom stereocenters. The van der Waals surface area contributed by atoms with E-state index in [0.29, 0.717) is 28.2 Å². The summed E-state index contributed by atoms with van der Waals surface area (Å²) in [6, 6.07) is 9.58. The molecule has 0 amide bonds. The minimum absolute atomic E-state index is 0.263. The number of halogens is 3. The van der Waals surface area contributed by atoms with Crippen LogP contribution in [0.1, 0.15) is 30.5 Å². The number of rotatable bonds is 5. The molecule has 0 aliphatic carbocycles. The van der Waals surface area contributed by atoms with Gasteiger partial charge in [-0.05, 0) is 35.5 Å². The van der Waals surface area contributed by atoms with E-state index in [-0.39, 0.29) is 11.5 Å². The van der Waals surface area contributed by atoms with Gasteiger partial charge in [0, 0.05) is 29.6 Å². The highest BCUT2D eigenvalue weighted by Gasteiger charge is 2.27. The van der Waals surface area contributed by atoms with Gasteiger partial charge in [-0.2, -0.15) is 0 Å². The second-order valence-electron chi connectivity index (χ2n) is 6.83. The van der Waals surface area contributed by atoms with Gasteiger partial charge < -0.3 is 10.3 Å². The van der Waals surface area contributed by atoms with Crippen LogP contribution in [0.3, 0.4) is 0 Å². The third-order valence-corrected chi connectivity index (χ3v) is 4.98. The molecule has 2 aromatic heterocycles. The lowest BCUT2D eigenvalue weighted by Crippen LogP contribution is -2.22. The number of benzene rings is 2. The van der Waals surface area contributed by atoms with Crippen molar-refractivity contribution in [2.24, 2.45) is 12.8 Å². The maximum atomic E-state index is 13.6. The van der Waals surface area contributed by atoms with E-state index in [1.54, 1.807) is 35.9 Å². The highest BCUT2D eigenvalue weighted by molar-refractivity contribution is 6.30. The predicted octanol–water partition coefficient (Wildman–Crippen LogP) is 3.19. The van der Waals surface area contributed by atoms with E-state index in [0.717, 1.165) is 6.07 Å². The third kappa shape index (κ3) is 3.79. The maximum absolute atomic E-state index is 13.6. The molecule has 0 bridgehead atoms. The zero-order valence-corrected chi connectivity index (χ0v) is 16.8. The summed E-state index contributed by atoms with van der Waals surface area (Å²) in [4.78, 5) is 1.36. The van der Waals surface area contributed by atoms with E-state index >= 15 is 0 Å². The Kier molecular flexibility index (Phi) is 5.27. The normalized spacial score (nSPS) is 13.4. The second kappa shape index (κ2) is 7.88. The zero-order chi connectivity index (χ0) is 21.4. The van der Waals surface area contributed by atoms with Gasteiger partial charge in [0.15, 0.2) is 17.5 Å². The number of nitrogens with two attached hydrogens (primary N) is 1. The van der Waals surface area contributed by atoms with Crippen LogP contribution in [-0.2, 0) is 7.05 Å². The lowest BCUT2D eigenvalue weighted by atomic mass is 10.0. The summed E-state index contributed by atoms with van der Waals surface area (Å²) < 4.78 is 28.7. The molecule has 0 radical (unpaired) electrons. The van der Waals surface area contributed by atoms with Crippen molar-refractivity contribution in [1.82, 2.24) is 35.0 Å². The van der Waals surface area contributed by atoms with Gasteiger partial charge in [-0.25, -0.2) is 8.78 Å². The van der Waals surface area contributed by atoms with Gasteiger partial charge >= 0.3 is 0 Å². The van der Waals surface area contributed by atoms with Gasteiger partial charge in [0.25, 0.3) is 0 Å². The standard InChI is InChI=1S/C19H17ClF2N8/c1-10(17-24-28-30(27-17)15-5-3-4-12(20)8-15)16(23)19-26-25-18(29(19)2)11-6-13(21)9-14(22)7-11/h3-10,16H,23H2,1-2H3. The Labute approximate surface area is 175 Å². The molecule has 0 saturated carbocycles. The van der Waals surface area contributed by atoms with E-state index in [2.05, 4.69) is 25.6 Å². The Balaban J connectivity index is 1.61. The summed E-state index contributed by atoms with van der Waals surface area (Å²) in [6.45, 7) is 1.83. The van der Waals surface area contributed by atoms with Crippen molar-refractivity contribution >= 4 is 11.6 Å². The highest BCUT2D eigenvalue weighted by Crippen LogP contribution is 2.28. The van der Waals surface area contributed by atoms with Crippen molar-refractivity contribution in [1.29, 1.82) is 0 Å². The third-order valence-electron chi connectivity index (χ3n) is 4.74. The Hall–Kier alpha value is -3.24. The van der Waals surface area contributed by atoms with Crippen molar-refractivity contribution in [2.75, 3.05) is 0 Å². The fourth-order valence-electron chi connectivity index (χ4n) is 3.07. The molecule has 30 heavy (non-hydrogen) atoms. The lowest BCUT2D eigenvalue weighted by molar-refractivity contribution is 0.522. The van der Waals surface area contributed by atoms with Crippen molar-refractivity contribution in [2.45, 2.75) is 18.9 Å². The first-order valence-corrected chi connectivity index (χ1v) is 9.38. The molecule has 2 aromatic carbocycles. The molecule has 0 aliphatic heterocycles. The van der Waals surface area contributed by atoms with Crippen LogP contribution in [-0.4, -0.2) is 35.0 Å². The molecule has 0 fully saturated rings. The summed E-state index contributed by atoms with van der Waals surface area (Å²) in [6.07, 6.45) is 0. The summed E-state index contributed by atoms with van der Waals surface area (Å²) >= 11 is 6.01. The molecule has 2 atom stereocenters. The Morgan fingerprint density at radius 2 is 1.77 bits per heavy atom. The molecular weight excluding hydrogens is 414 g/mol. The van der Waals surface area contributed by atoms with Crippen LogP contribution in [0.25, 0.3) is 17.1 Å². The molecule has 2 heterocycles. The maximum Gasteiger partial charge on any atom is 0.180 e. The number of aromatic nitrogens is 7. The van der Waals surface area contributed by atoms with E-state index < -0.39 is 17.7 Å². The van der Waals surface area contributed by atoms with Crippen LogP contribution in [0.2, 0.25) is 5.02 Å². The topological polar surface area (TPSA) is 100 Å². The Morgan fingerprint density at radius 1 is 1.03 bits per heavy atom. The van der Waals surface area contributed by atoms with Gasteiger partial charge in [-0.3, -0.25) is 0 Å². The lowest BCUT2D eigenvalue weighted by Gasteiger charge is -2.16. The number of tetrazole rings is 1. The van der Waals surface area contributed by atoms with Crippen LogP contribution in [0, 0.1) is 11.6 Å². The average Bonchev–Trinajstić information content (AvgIpc) is 3.33. The molecule has 154 valence electrons. The summed E-state index contributed by atoms with van der Waals surface area (Å²) in [5.41, 5.74) is 7.31. The molecule has 2 N–H and O–H groups in total. The van der Waals surface area contributed by atoms with E-state index in [1.807, 2.05) is 6.92 Å². The Morgan fingerprint density at radius 3 is 2.47 bits per heavy atom. The first-order valence-electron chi connectivity index (χ1n) is 9.00. The van der Waals surface area contributed by atoms with Gasteiger partial charge in [-0.15, -0.1) is 25.2 Å². The largest absolute Gasteiger partial charge is 0.321 e. The zero-order valence-electron chi connectivity index (χ0n) is 16.0. The molecule has 8 nitrogen and oxygen atoms in total. The summed E-state index contributed by atoms with van der Waals surface area (Å²) in [5.74, 6) is -0.646. The molecule has 0 spiro atoms. The molecule has 4 aromatic rings. The van der Waals surface area contributed by atoms with Crippen LogP contribution in [0.5, 0.6) is 0 Å². The minimum atomic E-state index is -0.700. The average molecular weight is 431 g/mol. The molecule has 11 heteroatoms. The monoisotopic (exact) mass is 430 g/mol. The number of hydrogen-bond donors (Lipinski definition) is 1. The SMILES string of the molecule is CC(c1nnn(-c2cccc(Cl)c2)n1)C(N)c1nnc(-c2cc(F)cc(F)c2)n1C. The van der Waals surface area contributed by atoms with Gasteiger partial charge in [0.05, 0.1) is 11.7 Å². The van der Waals surface area contributed by atoms with Crippen LogP contribution in [0.15, 0.2) is 42.5 Å². The van der Waals surface area contributed by atoms with Crippen molar-refractivity contribution in [3.05, 3.63) is 70.8 Å². The fourth-order valence-corrected chi connectivity index (χ4v) is 3.25. The van der Waals surface area contributed by atoms with Crippen molar-refractivity contribution in [3.8, 4) is 17.1 Å². The van der Waals surface area contributed by atoms with Gasteiger partial charge in [-0.1, -0.05) is 24.6 Å². The van der Waals surface area contributed by atoms with E-state index in [4.69, 9.17) is 17.3 Å². The van der Waals surface area contributed by atoms with Crippen molar-refractivity contribution in [3.63, 3.8) is 0 Å². The molecular formula is C19H17ClF2N8. The summed E-state index contributed by atoms with van der Waals surface area (Å²) in [7, 11) is 1.68. The van der Waals surface area contributed by atoms with Gasteiger partial charge in [0.2, 0.25) is 0 Å². The number of nitrogens with zero attached hydrogens (tertiary/aromatic N) is 7. The highest BCUT2D eigenvalue weighted by atomic mass is 35.5. The van der Waals surface area contributed by atoms with E-state index in [1.165, 1.54) is 16.9 Å². The molecule has 0 aliphatic rings. The van der Waals surface area contributed by atoms with E-state index in [9.17, 15) is 8.78 Å². The summed E-state index contributed by atoms with van der Waals surface area (Å²) in [5, 5.41) is 21.2. The van der Waals surface area contributed by atoms with Crippen LogP contribution >= 0.6 is 11.6 Å². The smallest absolute Gasteiger partial charge is 0.180 e. The minimum Gasteiger partial charge on any atom is -0.321 e. The Bertz CT molecular complexity index is 1180. The fraction of sp³-hybridized carbons (Fsp3) is 0.211. The molecule has 0 saturated heterocycles. The number of hydrogen-bond acceptors (Lipinski definition) is 6. The van der Waals surface area contributed by atoms with Crippen molar-refractivity contribution < 1.29 is 8.78 Å². The second-order valence-corrected chi connectivity index (χ2v) is 7.27. The first kappa shape index (κ1) is 20.0. The first-order chi connectivity index (χ1) is 14.3. The van der Waals surface area contributed by atoms with Crippen LogP contribution < -0.4 is 5.73 Å².